The van der Waals surface area contributed by atoms with E-state index in [4.69, 9.17) is 4.74 Å². The summed E-state index contributed by atoms with van der Waals surface area (Å²) in [5.74, 6) is 1.20. The summed E-state index contributed by atoms with van der Waals surface area (Å²) in [6, 6.07) is 8.03. The number of hydrogen-bond donors (Lipinski definition) is 0. The lowest BCUT2D eigenvalue weighted by molar-refractivity contribution is 0.0452. The molecule has 0 radical (unpaired) electrons. The van der Waals surface area contributed by atoms with Gasteiger partial charge in [0.05, 0.1) is 10.9 Å². The molecule has 1 atom stereocenters. The van der Waals surface area contributed by atoms with Crippen LogP contribution in [-0.2, 0) is 11.8 Å². The van der Waals surface area contributed by atoms with Gasteiger partial charge in [0.15, 0.2) is 0 Å². The van der Waals surface area contributed by atoms with Crippen molar-refractivity contribution in [3.8, 4) is 0 Å². The molecule has 1 aromatic carbocycles. The number of benzene rings is 1. The number of hydrogen-bond acceptors (Lipinski definition) is 3. The number of aryl methyl sites for hydroxylation is 1. The fourth-order valence-corrected chi connectivity index (χ4v) is 5.16. The maximum Gasteiger partial charge on any atom is 0.253 e. The standard InChI is InChI=1S/C17H20N2O2S/c1-18-6-5-12-7-13(3-4-15(12)18)16(20)19-10-17(11-19)8-14(21-2)9-22-17/h3-7,14H,8-11H2,1-2H3/t14-/m0/s1. The Morgan fingerprint density at radius 3 is 2.91 bits per heavy atom. The molecule has 5 heteroatoms. The minimum Gasteiger partial charge on any atom is -0.381 e. The highest BCUT2D eigenvalue weighted by Crippen LogP contribution is 2.46. The average Bonchev–Trinajstić information content (AvgIpc) is 3.09. The SMILES string of the molecule is CO[C@@H]1CSC2(C1)CN(C(=O)c1ccc3c(ccn3C)c1)C2. The molecule has 3 heterocycles. The van der Waals surface area contributed by atoms with Crippen molar-refractivity contribution in [2.75, 3.05) is 26.0 Å². The third kappa shape index (κ3) is 2.15. The summed E-state index contributed by atoms with van der Waals surface area (Å²) in [5, 5.41) is 1.12. The largest absolute Gasteiger partial charge is 0.381 e. The molecule has 2 aliphatic rings. The maximum atomic E-state index is 12.6. The third-order valence-electron chi connectivity index (χ3n) is 4.89. The van der Waals surface area contributed by atoms with Crippen LogP contribution >= 0.6 is 11.8 Å². The van der Waals surface area contributed by atoms with Crippen LogP contribution in [0, 0.1) is 0 Å². The van der Waals surface area contributed by atoms with E-state index >= 15 is 0 Å². The summed E-state index contributed by atoms with van der Waals surface area (Å²) < 4.78 is 7.76. The number of thioether (sulfide) groups is 1. The maximum absolute atomic E-state index is 12.6. The molecule has 116 valence electrons. The van der Waals surface area contributed by atoms with Crippen LogP contribution in [0.3, 0.4) is 0 Å². The number of likely N-dealkylation sites (tertiary alicyclic amines) is 1. The first kappa shape index (κ1) is 14.2. The molecule has 1 aromatic heterocycles. The molecule has 1 spiro atoms. The number of rotatable bonds is 2. The summed E-state index contributed by atoms with van der Waals surface area (Å²) in [6.07, 6.45) is 3.44. The molecule has 4 rings (SSSR count). The van der Waals surface area contributed by atoms with Gasteiger partial charge in [-0.1, -0.05) is 0 Å². The van der Waals surface area contributed by atoms with E-state index in [9.17, 15) is 4.79 Å². The van der Waals surface area contributed by atoms with Crippen molar-refractivity contribution in [3.63, 3.8) is 0 Å². The molecule has 0 aliphatic carbocycles. The summed E-state index contributed by atoms with van der Waals surface area (Å²) in [6.45, 7) is 1.70. The smallest absolute Gasteiger partial charge is 0.253 e. The first-order valence-corrected chi connectivity index (χ1v) is 8.60. The Morgan fingerprint density at radius 1 is 1.36 bits per heavy atom. The van der Waals surface area contributed by atoms with Crippen LogP contribution in [0.5, 0.6) is 0 Å². The highest BCUT2D eigenvalue weighted by Gasteiger charge is 2.50. The van der Waals surface area contributed by atoms with Crippen LogP contribution in [0.1, 0.15) is 16.8 Å². The molecule has 2 aromatic rings. The van der Waals surface area contributed by atoms with Crippen LogP contribution in [0.2, 0.25) is 0 Å². The number of carbonyl (C=O) groups excluding carboxylic acids is 1. The van der Waals surface area contributed by atoms with Gasteiger partial charge >= 0.3 is 0 Å². The van der Waals surface area contributed by atoms with Crippen molar-refractivity contribution in [1.82, 2.24) is 9.47 Å². The van der Waals surface area contributed by atoms with Gasteiger partial charge in [0, 0.05) is 55.7 Å². The fraction of sp³-hybridized carbons (Fsp3) is 0.471. The van der Waals surface area contributed by atoms with Crippen LogP contribution < -0.4 is 0 Å². The summed E-state index contributed by atoms with van der Waals surface area (Å²) in [4.78, 5) is 14.6. The van der Waals surface area contributed by atoms with Gasteiger partial charge in [-0.2, -0.15) is 0 Å². The number of nitrogens with zero attached hydrogens (tertiary/aromatic N) is 2. The average molecular weight is 316 g/mol. The van der Waals surface area contributed by atoms with Gasteiger partial charge in [-0.15, -0.1) is 11.8 Å². The van der Waals surface area contributed by atoms with Crippen LogP contribution in [0.4, 0.5) is 0 Å². The van der Waals surface area contributed by atoms with Gasteiger partial charge in [0.1, 0.15) is 0 Å². The Balaban J connectivity index is 1.48. The van der Waals surface area contributed by atoms with Crippen LogP contribution in [-0.4, -0.2) is 52.2 Å². The normalized spacial score (nSPS) is 23.2. The monoisotopic (exact) mass is 316 g/mol. The van der Waals surface area contributed by atoms with Crippen molar-refractivity contribution in [3.05, 3.63) is 36.0 Å². The van der Waals surface area contributed by atoms with Gasteiger partial charge in [-0.05, 0) is 30.7 Å². The Bertz CT molecular complexity index is 733. The van der Waals surface area contributed by atoms with Crippen molar-refractivity contribution in [1.29, 1.82) is 0 Å². The molecule has 2 fully saturated rings. The quantitative estimate of drug-likeness (QED) is 0.854. The number of methoxy groups -OCH3 is 1. The lowest BCUT2D eigenvalue weighted by atomic mass is 9.92. The number of aromatic nitrogens is 1. The lowest BCUT2D eigenvalue weighted by Crippen LogP contribution is -2.60. The fourth-order valence-electron chi connectivity index (χ4n) is 3.56. The highest BCUT2D eigenvalue weighted by molar-refractivity contribution is 8.01. The molecule has 1 amide bonds. The van der Waals surface area contributed by atoms with Crippen molar-refractivity contribution < 1.29 is 9.53 Å². The minimum atomic E-state index is 0.151. The van der Waals surface area contributed by atoms with E-state index in [1.54, 1.807) is 7.11 Å². The van der Waals surface area contributed by atoms with E-state index in [1.807, 2.05) is 48.1 Å². The second-order valence-corrected chi connectivity index (χ2v) is 7.91. The number of ether oxygens (including phenoxy) is 1. The first-order valence-electron chi connectivity index (χ1n) is 7.61. The zero-order valence-electron chi connectivity index (χ0n) is 12.9. The summed E-state index contributed by atoms with van der Waals surface area (Å²) in [5.41, 5.74) is 1.95. The number of fused-ring (bicyclic) bond motifs is 1. The molecular weight excluding hydrogens is 296 g/mol. The van der Waals surface area contributed by atoms with E-state index in [-0.39, 0.29) is 10.7 Å². The third-order valence-corrected chi connectivity index (χ3v) is 6.46. The second kappa shape index (κ2) is 5.03. The van der Waals surface area contributed by atoms with E-state index in [2.05, 4.69) is 10.6 Å². The van der Waals surface area contributed by atoms with Gasteiger partial charge in [0.25, 0.3) is 5.91 Å². The molecular formula is C17H20N2O2S. The Morgan fingerprint density at radius 2 is 2.18 bits per heavy atom. The van der Waals surface area contributed by atoms with Crippen molar-refractivity contribution in [2.45, 2.75) is 17.3 Å². The number of carbonyl (C=O) groups is 1. The van der Waals surface area contributed by atoms with Gasteiger partial charge < -0.3 is 14.2 Å². The Labute approximate surface area is 134 Å². The Kier molecular flexibility index (Phi) is 3.24. The van der Waals surface area contributed by atoms with Crippen molar-refractivity contribution >= 4 is 28.6 Å². The lowest BCUT2D eigenvalue weighted by Gasteiger charge is -2.47. The molecule has 0 bridgehead atoms. The van der Waals surface area contributed by atoms with E-state index in [0.717, 1.165) is 41.7 Å². The van der Waals surface area contributed by atoms with Crippen molar-refractivity contribution in [2.24, 2.45) is 7.05 Å². The Hall–Kier alpha value is -1.46. The van der Waals surface area contributed by atoms with Crippen LogP contribution in [0.15, 0.2) is 30.5 Å². The van der Waals surface area contributed by atoms with E-state index in [0.29, 0.717) is 6.10 Å². The van der Waals surface area contributed by atoms with Crippen LogP contribution in [0.25, 0.3) is 10.9 Å². The molecule has 2 saturated heterocycles. The van der Waals surface area contributed by atoms with E-state index < -0.39 is 0 Å². The van der Waals surface area contributed by atoms with Gasteiger partial charge in [0.2, 0.25) is 0 Å². The predicted octanol–water partition coefficient (Wildman–Crippen LogP) is 2.52. The zero-order chi connectivity index (χ0) is 15.3. The van der Waals surface area contributed by atoms with Gasteiger partial charge in [-0.3, -0.25) is 4.79 Å². The molecule has 0 saturated carbocycles. The summed E-state index contributed by atoms with van der Waals surface area (Å²) in [7, 11) is 3.80. The molecule has 0 N–H and O–H groups in total. The molecule has 2 aliphatic heterocycles. The number of amides is 1. The van der Waals surface area contributed by atoms with Gasteiger partial charge in [-0.25, -0.2) is 0 Å². The molecule has 22 heavy (non-hydrogen) atoms. The topological polar surface area (TPSA) is 34.5 Å². The first-order chi connectivity index (χ1) is 10.6. The second-order valence-electron chi connectivity index (χ2n) is 6.42. The molecule has 0 unspecified atom stereocenters. The molecule has 4 nitrogen and oxygen atoms in total. The zero-order valence-corrected chi connectivity index (χ0v) is 13.7. The highest BCUT2D eigenvalue weighted by atomic mass is 32.2. The summed E-state index contributed by atoms with van der Waals surface area (Å²) >= 11 is 1.96. The van der Waals surface area contributed by atoms with E-state index in [1.165, 1.54) is 0 Å². The minimum absolute atomic E-state index is 0.151. The predicted molar refractivity (Wildman–Crippen MR) is 89.4 cm³/mol.